The second kappa shape index (κ2) is 26.7. The molecule has 4 heterocycles. The molecule has 0 radical (unpaired) electrons. The topological polar surface area (TPSA) is 185 Å². The van der Waals surface area contributed by atoms with Gasteiger partial charge in [-0.1, -0.05) is 124 Å². The van der Waals surface area contributed by atoms with E-state index in [0.29, 0.717) is 13.0 Å². The van der Waals surface area contributed by atoms with Gasteiger partial charge in [-0.15, -0.1) is 0 Å². The molecule has 0 aromatic carbocycles. The molecule has 12 atom stereocenters. The zero-order chi connectivity index (χ0) is 47.5. The molecule has 4 aliphatic carbocycles. The largest absolute Gasteiger partial charge is 1.00 e. The van der Waals surface area contributed by atoms with Gasteiger partial charge in [-0.3, -0.25) is 0 Å². The molecule has 12 nitrogen and oxygen atoms in total. The minimum atomic E-state index is -1.25. The molecule has 8 fully saturated rings. The summed E-state index contributed by atoms with van der Waals surface area (Å²) in [7, 11) is 3.33. The van der Waals surface area contributed by atoms with Gasteiger partial charge in [0.25, 0.3) is 0 Å². The molecule has 0 aromatic rings. The Kier molecular flexibility index (Phi) is 23.0. The summed E-state index contributed by atoms with van der Waals surface area (Å²) in [6.45, 7) is 14.1. The number of carbonyl (C=O) groups excluding carboxylic acids is 2. The van der Waals surface area contributed by atoms with E-state index in [1.807, 2.05) is 0 Å². The molecular formula is C55H84NaO12-. The summed E-state index contributed by atoms with van der Waals surface area (Å²) >= 11 is 0. The molecule has 8 rings (SSSR count). The number of epoxide rings is 4. The third-order valence-corrected chi connectivity index (χ3v) is 15.9. The van der Waals surface area contributed by atoms with E-state index in [-0.39, 0.29) is 99.8 Å². The van der Waals surface area contributed by atoms with Crippen molar-refractivity contribution in [3.63, 3.8) is 0 Å². The Morgan fingerprint density at radius 3 is 1.50 bits per heavy atom. The minimum Gasteiger partial charge on any atom is -0.870 e. The molecule has 68 heavy (non-hydrogen) atoms. The molecule has 8 aliphatic rings. The first-order chi connectivity index (χ1) is 31.6. The molecule has 2 spiro atoms. The number of carbonyl (C=O) groups is 2. The van der Waals surface area contributed by atoms with E-state index < -0.39 is 18.0 Å². The maximum absolute atomic E-state index is 12.4. The van der Waals surface area contributed by atoms with Gasteiger partial charge in [0, 0.05) is 20.3 Å². The van der Waals surface area contributed by atoms with Crippen LogP contribution in [0.1, 0.15) is 151 Å². The zero-order valence-electron chi connectivity index (χ0n) is 43.0. The molecular weight excluding hydrogens is 876 g/mol. The molecule has 378 valence electrons. The average Bonchev–Trinajstić information content (AvgIpc) is 4.18. The van der Waals surface area contributed by atoms with Crippen molar-refractivity contribution in [2.75, 3.05) is 27.4 Å². The van der Waals surface area contributed by atoms with Crippen LogP contribution in [0, 0.1) is 23.7 Å². The first-order valence-corrected chi connectivity index (χ1v) is 25.3. The van der Waals surface area contributed by atoms with Crippen LogP contribution in [-0.4, -0.2) is 109 Å². The van der Waals surface area contributed by atoms with Crippen molar-refractivity contribution in [2.45, 2.75) is 210 Å². The van der Waals surface area contributed by atoms with Crippen molar-refractivity contribution in [1.82, 2.24) is 0 Å². The second-order valence-corrected chi connectivity index (χ2v) is 21.3. The van der Waals surface area contributed by atoms with Crippen LogP contribution in [-0.2, 0) is 42.7 Å². The van der Waals surface area contributed by atoms with E-state index in [1.165, 1.54) is 61.8 Å². The fourth-order valence-corrected chi connectivity index (χ4v) is 12.1. The van der Waals surface area contributed by atoms with Crippen LogP contribution in [0.25, 0.3) is 0 Å². The predicted molar refractivity (Wildman–Crippen MR) is 256 cm³/mol. The Balaban J connectivity index is 0.000000243. The normalized spacial score (nSPS) is 37.3. The smallest absolute Gasteiger partial charge is 0.870 e. The Hall–Kier alpha value is -1.94. The van der Waals surface area contributed by atoms with E-state index in [9.17, 15) is 19.8 Å². The van der Waals surface area contributed by atoms with Crippen molar-refractivity contribution >= 4 is 11.9 Å². The van der Waals surface area contributed by atoms with Crippen LogP contribution in [0.3, 0.4) is 0 Å². The van der Waals surface area contributed by atoms with E-state index >= 15 is 0 Å². The van der Waals surface area contributed by atoms with Gasteiger partial charge >= 0.3 is 35.5 Å². The number of hydrogen-bond acceptors (Lipinski definition) is 12. The summed E-state index contributed by atoms with van der Waals surface area (Å²) < 4.78 is 41.2. The third-order valence-electron chi connectivity index (χ3n) is 15.9. The van der Waals surface area contributed by atoms with Gasteiger partial charge in [0.1, 0.15) is 29.0 Å². The molecule has 0 aromatic heterocycles. The molecule has 0 amide bonds. The van der Waals surface area contributed by atoms with Crippen LogP contribution < -0.4 is 34.7 Å². The molecule has 13 heteroatoms. The summed E-state index contributed by atoms with van der Waals surface area (Å²) in [4.78, 5) is 22.7. The minimum absolute atomic E-state index is 0. The van der Waals surface area contributed by atoms with Gasteiger partial charge in [-0.05, 0) is 104 Å². The van der Waals surface area contributed by atoms with Crippen molar-refractivity contribution in [2.24, 2.45) is 23.7 Å². The average molecular weight is 960 g/mol. The molecule has 4 aliphatic heterocycles. The van der Waals surface area contributed by atoms with Crippen LogP contribution in [0.4, 0.5) is 0 Å². The van der Waals surface area contributed by atoms with Gasteiger partial charge in [0.05, 0.1) is 61.0 Å². The maximum Gasteiger partial charge on any atom is 1.00 e. The predicted octanol–water partition coefficient (Wildman–Crippen LogP) is 6.00. The van der Waals surface area contributed by atoms with Gasteiger partial charge in [-0.2, -0.15) is 0 Å². The van der Waals surface area contributed by atoms with Crippen molar-refractivity contribution in [3.8, 4) is 0 Å². The Labute approximate surface area is 430 Å². The SMILES string of the molecule is C1CCC(CC2CCCCC2)CC1.CO[C@@H]1[C@H](O)CC[C@]2(CO2)[C@H]1[C@]1(C)O[C@@H]1CC=C(C)C.CO[C@@H]1[C@H](OC(=O)/C=C/C=C/C=C/C=C/C(=O)[O-])CC[C@]2(CO2)[C@H]1[C@]1(C)O[C@@H]1CC=C(C)C.[Na+].[OH-]. The molecule has 0 unspecified atom stereocenters. The summed E-state index contributed by atoms with van der Waals surface area (Å²) in [6, 6.07) is 0. The van der Waals surface area contributed by atoms with E-state index in [1.54, 1.807) is 76.7 Å². The van der Waals surface area contributed by atoms with E-state index in [4.69, 9.17) is 33.2 Å². The monoisotopic (exact) mass is 960 g/mol. The van der Waals surface area contributed by atoms with Crippen molar-refractivity contribution in [3.05, 3.63) is 71.9 Å². The quantitative estimate of drug-likeness (QED) is 0.0476. The summed E-state index contributed by atoms with van der Waals surface area (Å²) in [5.74, 6) is 0.658. The fourth-order valence-electron chi connectivity index (χ4n) is 12.1. The van der Waals surface area contributed by atoms with Crippen molar-refractivity contribution < 1.29 is 88.0 Å². The fraction of sp³-hybridized carbons (Fsp3) is 0.745. The number of aliphatic hydroxyl groups is 1. The van der Waals surface area contributed by atoms with Crippen LogP contribution in [0.5, 0.6) is 0 Å². The number of carboxylic acids is 1. The standard InChI is InChI=1S/C26H34O7.C16H26O4.C13H24.Na.H2O/c1-18(2)13-14-20-25(3,33-20)24-23(30-4)19(15-16-26(24)17-31-26)32-22(29)12-10-8-6-5-7-9-11-21(27)28;1-10(2)5-6-12-15(3,20-12)14-13(18-4)11(17)7-8-16(14)9-19-16;1-3-7-12(8-4-1)11-13-9-5-2-6-10-13;;/h5-13,19-20,23-24H,14-17H2,1-4H3,(H,27,28);5,11-14,17H,6-9H2,1-4H3;12-13H,1-11H2;;1H2/q;;;+1;/p-2/b7-5+,8-6+,11-9+,12-10+;;;;/t19-,20-,23-,24-,25-,26+;11-,12-,13-,14-,15-,16+;;;/m11.../s1. The summed E-state index contributed by atoms with van der Waals surface area (Å²) in [5.41, 5.74) is 1.60. The van der Waals surface area contributed by atoms with Crippen molar-refractivity contribution in [1.29, 1.82) is 0 Å². The summed E-state index contributed by atoms with van der Waals surface area (Å²) in [6.07, 6.45) is 37.0. The van der Waals surface area contributed by atoms with E-state index in [2.05, 4.69) is 53.7 Å². The Morgan fingerprint density at radius 2 is 1.07 bits per heavy atom. The first kappa shape index (κ1) is 58.6. The molecule has 0 bridgehead atoms. The number of hydrogen-bond donors (Lipinski definition) is 1. The second-order valence-electron chi connectivity index (χ2n) is 21.3. The van der Waals surface area contributed by atoms with Gasteiger partial charge in [0.15, 0.2) is 0 Å². The number of allylic oxidation sites excluding steroid dienone is 8. The molecule has 2 N–H and O–H groups in total. The van der Waals surface area contributed by atoms with Gasteiger partial charge in [0.2, 0.25) is 0 Å². The van der Waals surface area contributed by atoms with Gasteiger partial charge in [-0.25, -0.2) is 4.79 Å². The van der Waals surface area contributed by atoms with E-state index in [0.717, 1.165) is 56.6 Å². The number of esters is 1. The Bertz CT molecular complexity index is 1760. The summed E-state index contributed by atoms with van der Waals surface area (Å²) in [5, 5.41) is 20.5. The number of ether oxygens (including phenoxy) is 7. The number of methoxy groups -OCH3 is 2. The number of carboxylic acid groups (broad SMARTS) is 1. The molecule has 4 saturated carbocycles. The Morgan fingerprint density at radius 1 is 0.647 bits per heavy atom. The van der Waals surface area contributed by atoms with Gasteiger partial charge < -0.3 is 53.6 Å². The number of aliphatic hydroxyl groups excluding tert-OH is 1. The van der Waals surface area contributed by atoms with Crippen LogP contribution >= 0.6 is 0 Å². The maximum atomic E-state index is 12.4. The first-order valence-electron chi connectivity index (χ1n) is 25.3. The number of aliphatic carboxylic acids is 1. The van der Waals surface area contributed by atoms with Crippen LogP contribution in [0.2, 0.25) is 0 Å². The zero-order valence-corrected chi connectivity index (χ0v) is 45.0. The molecule has 4 saturated heterocycles. The van der Waals surface area contributed by atoms with Crippen LogP contribution in [0.15, 0.2) is 71.9 Å². The third kappa shape index (κ3) is 15.8. The number of rotatable bonds is 16.